The van der Waals surface area contributed by atoms with E-state index < -0.39 is 30.6 Å². The van der Waals surface area contributed by atoms with E-state index in [4.69, 9.17) is 4.42 Å². The van der Waals surface area contributed by atoms with Crippen LogP contribution in [-0.2, 0) is 6.18 Å². The van der Waals surface area contributed by atoms with E-state index >= 15 is 0 Å². The van der Waals surface area contributed by atoms with E-state index in [-0.39, 0.29) is 22.7 Å². The number of carbonyl (C=O) groups excluding carboxylic acids is 1. The molecular formula is C15H11F5N4O2. The van der Waals surface area contributed by atoms with Crippen molar-refractivity contribution in [2.24, 2.45) is 0 Å². The molecule has 11 heteroatoms. The number of nitrogens with zero attached hydrogens (tertiary/aromatic N) is 4. The molecule has 0 saturated carbocycles. The molecule has 1 amide bonds. The number of halogens is 5. The molecule has 0 aliphatic carbocycles. The fourth-order valence-corrected chi connectivity index (χ4v) is 2.42. The lowest BCUT2D eigenvalue weighted by molar-refractivity contribution is -0.137. The highest BCUT2D eigenvalue weighted by Gasteiger charge is 2.33. The van der Waals surface area contributed by atoms with Crippen molar-refractivity contribution < 1.29 is 31.2 Å². The summed E-state index contributed by atoms with van der Waals surface area (Å²) >= 11 is 0. The van der Waals surface area contributed by atoms with Gasteiger partial charge in [-0.05, 0) is 6.07 Å². The van der Waals surface area contributed by atoms with Crippen LogP contribution in [-0.4, -0.2) is 45.2 Å². The van der Waals surface area contributed by atoms with Gasteiger partial charge in [0, 0.05) is 13.2 Å². The van der Waals surface area contributed by atoms with Gasteiger partial charge in [0.05, 0.1) is 30.1 Å². The Morgan fingerprint density at radius 2 is 2.08 bits per heavy atom. The Labute approximate surface area is 142 Å². The molecule has 0 spiro atoms. The Bertz CT molecular complexity index is 934. The maximum atomic E-state index is 13.2. The molecule has 0 aliphatic rings. The number of hydrogen-bond acceptors (Lipinski definition) is 4. The van der Waals surface area contributed by atoms with Crippen molar-refractivity contribution in [2.75, 3.05) is 13.6 Å². The zero-order valence-electron chi connectivity index (χ0n) is 13.2. The normalized spacial score (nSPS) is 12.1. The van der Waals surface area contributed by atoms with Crippen LogP contribution in [0.2, 0.25) is 0 Å². The summed E-state index contributed by atoms with van der Waals surface area (Å²) in [4.78, 5) is 20.6. The summed E-state index contributed by atoms with van der Waals surface area (Å²) in [6.07, 6.45) is -3.53. The van der Waals surface area contributed by atoms with Gasteiger partial charge in [-0.1, -0.05) is 0 Å². The number of aromatic nitrogens is 3. The van der Waals surface area contributed by atoms with E-state index in [1.807, 2.05) is 0 Å². The summed E-state index contributed by atoms with van der Waals surface area (Å²) in [6.45, 7) is -0.861. The molecule has 3 aromatic rings. The van der Waals surface area contributed by atoms with Gasteiger partial charge in [-0.3, -0.25) is 9.20 Å². The number of imidazole rings is 1. The molecule has 6 nitrogen and oxygen atoms in total. The molecule has 0 saturated heterocycles. The van der Waals surface area contributed by atoms with Gasteiger partial charge in [0.2, 0.25) is 0 Å². The lowest BCUT2D eigenvalue weighted by Gasteiger charge is -2.16. The van der Waals surface area contributed by atoms with E-state index in [1.165, 1.54) is 6.20 Å². The smallest absolute Gasteiger partial charge is 0.417 e. The van der Waals surface area contributed by atoms with Gasteiger partial charge in [0.1, 0.15) is 11.3 Å². The first-order chi connectivity index (χ1) is 12.2. The van der Waals surface area contributed by atoms with Gasteiger partial charge >= 0.3 is 6.18 Å². The predicted molar refractivity (Wildman–Crippen MR) is 78.7 cm³/mol. The SMILES string of the molecule is CN(CC(F)F)C(=O)c1cnc2c(-c3cnco3)cc(C(F)(F)F)cn12. The Kier molecular flexibility index (Phi) is 4.38. The van der Waals surface area contributed by atoms with Crippen LogP contribution in [0, 0.1) is 0 Å². The molecule has 3 rings (SSSR count). The van der Waals surface area contributed by atoms with Crippen LogP contribution in [0.5, 0.6) is 0 Å². The summed E-state index contributed by atoms with van der Waals surface area (Å²) < 4.78 is 70.6. The molecule has 0 aliphatic heterocycles. The van der Waals surface area contributed by atoms with Gasteiger partial charge < -0.3 is 9.32 Å². The van der Waals surface area contributed by atoms with Gasteiger partial charge in [-0.2, -0.15) is 13.2 Å². The van der Waals surface area contributed by atoms with Crippen molar-refractivity contribution in [3.63, 3.8) is 0 Å². The fourth-order valence-electron chi connectivity index (χ4n) is 2.42. The Hall–Kier alpha value is -2.98. The number of alkyl halides is 5. The van der Waals surface area contributed by atoms with Crippen molar-refractivity contribution in [2.45, 2.75) is 12.6 Å². The first-order valence-electron chi connectivity index (χ1n) is 7.19. The van der Waals surface area contributed by atoms with E-state index in [1.54, 1.807) is 0 Å². The van der Waals surface area contributed by atoms with E-state index in [0.29, 0.717) is 11.1 Å². The minimum absolute atomic E-state index is 0.00328. The number of pyridine rings is 1. The summed E-state index contributed by atoms with van der Waals surface area (Å²) in [6, 6.07) is 0.819. The third-order valence-corrected chi connectivity index (χ3v) is 3.61. The standard InChI is InChI=1S/C15H11F5N4O2/c1-23(6-12(16)17)14(25)10-3-22-13-9(11-4-21-7-26-11)2-8(5-24(10)13)15(18,19)20/h2-5,7,12H,6H2,1H3. The van der Waals surface area contributed by atoms with Gasteiger partial charge in [-0.15, -0.1) is 0 Å². The second-order valence-corrected chi connectivity index (χ2v) is 5.42. The van der Waals surface area contributed by atoms with Crippen LogP contribution < -0.4 is 0 Å². The first-order valence-corrected chi connectivity index (χ1v) is 7.19. The van der Waals surface area contributed by atoms with Crippen LogP contribution in [0.1, 0.15) is 16.1 Å². The van der Waals surface area contributed by atoms with Gasteiger partial charge in [0.15, 0.2) is 12.2 Å². The lowest BCUT2D eigenvalue weighted by atomic mass is 10.1. The van der Waals surface area contributed by atoms with Crippen molar-refractivity contribution in [1.29, 1.82) is 0 Å². The number of hydrogen-bond donors (Lipinski definition) is 0. The minimum Gasteiger partial charge on any atom is -0.443 e. The fraction of sp³-hybridized carbons (Fsp3) is 0.267. The van der Waals surface area contributed by atoms with E-state index in [0.717, 1.165) is 30.1 Å². The third-order valence-electron chi connectivity index (χ3n) is 3.61. The average Bonchev–Trinajstić information content (AvgIpc) is 3.21. The highest BCUT2D eigenvalue weighted by molar-refractivity contribution is 5.94. The van der Waals surface area contributed by atoms with Crippen molar-refractivity contribution in [3.05, 3.63) is 42.3 Å². The lowest BCUT2D eigenvalue weighted by Crippen LogP contribution is -2.32. The maximum absolute atomic E-state index is 13.2. The molecule has 0 bridgehead atoms. The van der Waals surface area contributed by atoms with Crippen LogP contribution in [0.25, 0.3) is 17.0 Å². The predicted octanol–water partition coefficient (Wildman–Crippen LogP) is 3.35. The molecule has 0 N–H and O–H groups in total. The Morgan fingerprint density at radius 3 is 2.65 bits per heavy atom. The summed E-state index contributed by atoms with van der Waals surface area (Å²) in [5.41, 5.74) is -1.37. The average molecular weight is 374 g/mol. The number of oxazole rings is 1. The third kappa shape index (κ3) is 3.24. The minimum atomic E-state index is -4.71. The summed E-state index contributed by atoms with van der Waals surface area (Å²) in [7, 11) is 1.12. The van der Waals surface area contributed by atoms with E-state index in [2.05, 4.69) is 9.97 Å². The Morgan fingerprint density at radius 1 is 1.35 bits per heavy atom. The second-order valence-electron chi connectivity index (χ2n) is 5.42. The molecule has 26 heavy (non-hydrogen) atoms. The van der Waals surface area contributed by atoms with Gasteiger partial charge in [-0.25, -0.2) is 18.7 Å². The highest BCUT2D eigenvalue weighted by Crippen LogP contribution is 2.34. The molecule has 0 unspecified atom stereocenters. The molecule has 138 valence electrons. The number of fused-ring (bicyclic) bond motifs is 1. The molecule has 3 aromatic heterocycles. The molecule has 0 radical (unpaired) electrons. The second kappa shape index (κ2) is 6.39. The molecule has 0 atom stereocenters. The largest absolute Gasteiger partial charge is 0.443 e. The van der Waals surface area contributed by atoms with Gasteiger partial charge in [0.25, 0.3) is 12.3 Å². The highest BCUT2D eigenvalue weighted by atomic mass is 19.4. The summed E-state index contributed by atoms with van der Waals surface area (Å²) in [5.74, 6) is -0.868. The van der Waals surface area contributed by atoms with Crippen molar-refractivity contribution >= 4 is 11.6 Å². The monoisotopic (exact) mass is 374 g/mol. The van der Waals surface area contributed by atoms with E-state index in [9.17, 15) is 26.7 Å². The van der Waals surface area contributed by atoms with Crippen molar-refractivity contribution in [1.82, 2.24) is 19.3 Å². The van der Waals surface area contributed by atoms with Crippen LogP contribution in [0.4, 0.5) is 22.0 Å². The quantitative estimate of drug-likeness (QED) is 0.657. The maximum Gasteiger partial charge on any atom is 0.417 e. The number of carbonyl (C=O) groups is 1. The molecular weight excluding hydrogens is 363 g/mol. The van der Waals surface area contributed by atoms with Crippen LogP contribution >= 0.6 is 0 Å². The van der Waals surface area contributed by atoms with Crippen LogP contribution in [0.3, 0.4) is 0 Å². The first kappa shape index (κ1) is 17.8. The zero-order valence-corrected chi connectivity index (χ0v) is 13.2. The van der Waals surface area contributed by atoms with Crippen molar-refractivity contribution in [3.8, 4) is 11.3 Å². The Balaban J connectivity index is 2.19. The molecule has 0 fully saturated rings. The van der Waals surface area contributed by atoms with Crippen LogP contribution in [0.15, 0.2) is 35.5 Å². The molecule has 3 heterocycles. The molecule has 0 aromatic carbocycles. The topological polar surface area (TPSA) is 63.6 Å². The zero-order chi connectivity index (χ0) is 19.1. The summed E-state index contributed by atoms with van der Waals surface area (Å²) in [5, 5.41) is 0. The number of amides is 1. The number of rotatable bonds is 4.